The number of rotatable bonds is 1. The van der Waals surface area contributed by atoms with E-state index in [9.17, 15) is 0 Å². The third-order valence-corrected chi connectivity index (χ3v) is 3.73. The second-order valence-corrected chi connectivity index (χ2v) is 5.84. The summed E-state index contributed by atoms with van der Waals surface area (Å²) in [5.41, 5.74) is 1.19. The van der Waals surface area contributed by atoms with Gasteiger partial charge in [0, 0.05) is 19.9 Å². The number of nitrogens with one attached hydrogen (secondary N) is 1. The lowest BCUT2D eigenvalue weighted by Crippen LogP contribution is -2.29. The number of halogens is 1. The summed E-state index contributed by atoms with van der Waals surface area (Å²) < 4.78 is 11.5. The van der Waals surface area contributed by atoms with E-state index in [1.807, 2.05) is 19.9 Å². The van der Waals surface area contributed by atoms with Crippen molar-refractivity contribution < 1.29 is 9.47 Å². The Morgan fingerprint density at radius 1 is 1.28 bits per heavy atom. The van der Waals surface area contributed by atoms with Gasteiger partial charge in [-0.25, -0.2) is 0 Å². The van der Waals surface area contributed by atoms with E-state index in [0.717, 1.165) is 18.7 Å². The van der Waals surface area contributed by atoms with Crippen LogP contribution in [-0.2, 0) is 0 Å². The third-order valence-electron chi connectivity index (χ3n) is 3.45. The fraction of sp³-hybridized carbons (Fsp3) is 0.571. The number of benzene rings is 1. The van der Waals surface area contributed by atoms with Crippen LogP contribution in [0.15, 0.2) is 12.1 Å². The SMILES string of the molecule is CC1(C)Oc2cc(C3CCCCN3)cc(Cl)c2O1. The quantitative estimate of drug-likeness (QED) is 0.842. The van der Waals surface area contributed by atoms with Gasteiger partial charge in [-0.2, -0.15) is 0 Å². The molecule has 0 aliphatic carbocycles. The molecular formula is C14H18ClNO2. The van der Waals surface area contributed by atoms with Crippen LogP contribution in [0.5, 0.6) is 11.5 Å². The maximum absolute atomic E-state index is 6.29. The van der Waals surface area contributed by atoms with Gasteiger partial charge in [0.25, 0.3) is 0 Å². The monoisotopic (exact) mass is 267 g/mol. The van der Waals surface area contributed by atoms with Crippen molar-refractivity contribution >= 4 is 11.6 Å². The van der Waals surface area contributed by atoms with E-state index < -0.39 is 5.79 Å². The number of fused-ring (bicyclic) bond motifs is 1. The Morgan fingerprint density at radius 3 is 2.83 bits per heavy atom. The van der Waals surface area contributed by atoms with Crippen molar-refractivity contribution in [1.82, 2.24) is 5.32 Å². The lowest BCUT2D eigenvalue weighted by atomic mass is 9.97. The number of hydrogen-bond donors (Lipinski definition) is 1. The van der Waals surface area contributed by atoms with Gasteiger partial charge in [0.05, 0.1) is 5.02 Å². The van der Waals surface area contributed by atoms with Crippen LogP contribution in [0.4, 0.5) is 0 Å². The predicted octanol–water partition coefficient (Wildman–Crippen LogP) is 3.66. The van der Waals surface area contributed by atoms with Gasteiger partial charge < -0.3 is 14.8 Å². The summed E-state index contributed by atoms with van der Waals surface area (Å²) in [5, 5.41) is 4.16. The van der Waals surface area contributed by atoms with Crippen LogP contribution in [0, 0.1) is 0 Å². The molecule has 98 valence electrons. The highest BCUT2D eigenvalue weighted by molar-refractivity contribution is 6.32. The second-order valence-electron chi connectivity index (χ2n) is 5.44. The molecule has 1 atom stereocenters. The standard InChI is InChI=1S/C14H18ClNO2/c1-14(2)17-12-8-9(7-10(15)13(12)18-14)11-5-3-4-6-16-11/h7-8,11,16H,3-6H2,1-2H3. The summed E-state index contributed by atoms with van der Waals surface area (Å²) >= 11 is 6.29. The molecule has 1 aromatic rings. The lowest BCUT2D eigenvalue weighted by Gasteiger charge is -2.24. The molecule has 0 saturated carbocycles. The summed E-state index contributed by atoms with van der Waals surface area (Å²) in [7, 11) is 0. The van der Waals surface area contributed by atoms with Crippen molar-refractivity contribution in [1.29, 1.82) is 0 Å². The van der Waals surface area contributed by atoms with E-state index in [4.69, 9.17) is 21.1 Å². The van der Waals surface area contributed by atoms with E-state index in [2.05, 4.69) is 11.4 Å². The number of piperidine rings is 1. The molecule has 4 heteroatoms. The van der Waals surface area contributed by atoms with Gasteiger partial charge in [0.2, 0.25) is 5.79 Å². The van der Waals surface area contributed by atoms with Crippen LogP contribution in [0.1, 0.15) is 44.7 Å². The first-order chi connectivity index (χ1) is 8.55. The van der Waals surface area contributed by atoms with E-state index in [0.29, 0.717) is 16.8 Å². The topological polar surface area (TPSA) is 30.5 Å². The Kier molecular flexibility index (Phi) is 2.91. The molecule has 1 N–H and O–H groups in total. The van der Waals surface area contributed by atoms with Crippen LogP contribution >= 0.6 is 11.6 Å². The molecular weight excluding hydrogens is 250 g/mol. The highest BCUT2D eigenvalue weighted by Crippen LogP contribution is 2.46. The Labute approximate surface area is 112 Å². The molecule has 1 fully saturated rings. The Morgan fingerprint density at radius 2 is 2.11 bits per heavy atom. The zero-order valence-corrected chi connectivity index (χ0v) is 11.5. The van der Waals surface area contributed by atoms with Crippen molar-refractivity contribution in [3.05, 3.63) is 22.7 Å². The summed E-state index contributed by atoms with van der Waals surface area (Å²) in [6.07, 6.45) is 3.66. The minimum atomic E-state index is -0.620. The van der Waals surface area contributed by atoms with Crippen LogP contribution in [0.25, 0.3) is 0 Å². The zero-order chi connectivity index (χ0) is 12.8. The molecule has 3 nitrogen and oxygen atoms in total. The average Bonchev–Trinajstić information content (AvgIpc) is 2.65. The minimum absolute atomic E-state index is 0.383. The molecule has 2 aliphatic rings. The van der Waals surface area contributed by atoms with Crippen LogP contribution in [-0.4, -0.2) is 12.3 Å². The second kappa shape index (κ2) is 4.32. The van der Waals surface area contributed by atoms with Gasteiger partial charge in [-0.3, -0.25) is 0 Å². The molecule has 0 radical (unpaired) electrons. The van der Waals surface area contributed by atoms with Crippen molar-refractivity contribution in [3.8, 4) is 11.5 Å². The lowest BCUT2D eigenvalue weighted by molar-refractivity contribution is -0.0431. The molecule has 1 unspecified atom stereocenters. The van der Waals surface area contributed by atoms with E-state index >= 15 is 0 Å². The molecule has 1 aromatic carbocycles. The smallest absolute Gasteiger partial charge is 0.246 e. The molecule has 0 amide bonds. The van der Waals surface area contributed by atoms with Crippen molar-refractivity contribution in [2.75, 3.05) is 6.54 Å². The third kappa shape index (κ3) is 2.17. The van der Waals surface area contributed by atoms with E-state index in [-0.39, 0.29) is 0 Å². The van der Waals surface area contributed by atoms with Crippen LogP contribution in [0.2, 0.25) is 5.02 Å². The van der Waals surface area contributed by atoms with Gasteiger partial charge in [-0.1, -0.05) is 18.0 Å². The van der Waals surface area contributed by atoms with Gasteiger partial charge in [0.1, 0.15) is 0 Å². The van der Waals surface area contributed by atoms with Crippen LogP contribution < -0.4 is 14.8 Å². The minimum Gasteiger partial charge on any atom is -0.449 e. The fourth-order valence-corrected chi connectivity index (χ4v) is 2.89. The first-order valence-electron chi connectivity index (χ1n) is 6.50. The Hall–Kier alpha value is -0.930. The van der Waals surface area contributed by atoms with E-state index in [1.54, 1.807) is 0 Å². The van der Waals surface area contributed by atoms with Crippen molar-refractivity contribution in [2.45, 2.75) is 44.9 Å². The maximum atomic E-state index is 6.29. The maximum Gasteiger partial charge on any atom is 0.246 e. The van der Waals surface area contributed by atoms with E-state index in [1.165, 1.54) is 18.4 Å². The molecule has 0 bridgehead atoms. The largest absolute Gasteiger partial charge is 0.449 e. The summed E-state index contributed by atoms with van der Waals surface area (Å²) in [6.45, 7) is 4.85. The number of hydrogen-bond acceptors (Lipinski definition) is 3. The molecule has 18 heavy (non-hydrogen) atoms. The predicted molar refractivity (Wildman–Crippen MR) is 71.4 cm³/mol. The van der Waals surface area contributed by atoms with Gasteiger partial charge >= 0.3 is 0 Å². The normalized spacial score (nSPS) is 25.2. The molecule has 0 spiro atoms. The highest BCUT2D eigenvalue weighted by atomic mass is 35.5. The van der Waals surface area contributed by atoms with Gasteiger partial charge in [-0.05, 0) is 37.1 Å². The first-order valence-corrected chi connectivity index (χ1v) is 6.88. The van der Waals surface area contributed by atoms with Crippen molar-refractivity contribution in [3.63, 3.8) is 0 Å². The van der Waals surface area contributed by atoms with Gasteiger partial charge in [0.15, 0.2) is 11.5 Å². The molecule has 1 saturated heterocycles. The summed E-state index contributed by atoms with van der Waals surface area (Å²) in [5.74, 6) is 0.806. The molecule has 0 aromatic heterocycles. The molecule has 2 heterocycles. The average molecular weight is 268 g/mol. The van der Waals surface area contributed by atoms with Crippen LogP contribution in [0.3, 0.4) is 0 Å². The fourth-order valence-electron chi connectivity index (χ4n) is 2.63. The highest BCUT2D eigenvalue weighted by Gasteiger charge is 2.34. The molecule has 2 aliphatic heterocycles. The summed E-state index contributed by atoms with van der Waals surface area (Å²) in [6, 6.07) is 4.43. The Balaban J connectivity index is 1.93. The van der Waals surface area contributed by atoms with Gasteiger partial charge in [-0.15, -0.1) is 0 Å². The molecule has 3 rings (SSSR count). The Bertz CT molecular complexity index is 467. The summed E-state index contributed by atoms with van der Waals surface area (Å²) in [4.78, 5) is 0. The van der Waals surface area contributed by atoms with Crippen molar-refractivity contribution in [2.24, 2.45) is 0 Å². The zero-order valence-electron chi connectivity index (χ0n) is 10.8. The number of ether oxygens (including phenoxy) is 2. The first kappa shape index (κ1) is 12.1.